The van der Waals surface area contributed by atoms with Crippen LogP contribution in [0.4, 0.5) is 0 Å². The quantitative estimate of drug-likeness (QED) is 0.816. The third-order valence-corrected chi connectivity index (χ3v) is 5.34. The maximum Gasteiger partial charge on any atom is 0.224 e. The van der Waals surface area contributed by atoms with Gasteiger partial charge in [-0.1, -0.05) is 29.8 Å². The highest BCUT2D eigenvalue weighted by Gasteiger charge is 2.44. The Bertz CT molecular complexity index is 783. The van der Waals surface area contributed by atoms with E-state index in [9.17, 15) is 4.79 Å². The SMILES string of the molecule is Cc1cccc(C2CC2C(=O)N[C@H](C)c2ccc(OCC3CC3)cn2)c1. The van der Waals surface area contributed by atoms with E-state index in [-0.39, 0.29) is 17.9 Å². The van der Waals surface area contributed by atoms with Crippen LogP contribution in [0.1, 0.15) is 55.0 Å². The minimum atomic E-state index is -0.0984. The number of carbonyl (C=O) groups is 1. The molecule has 3 atom stereocenters. The lowest BCUT2D eigenvalue weighted by atomic mass is 10.1. The van der Waals surface area contributed by atoms with Gasteiger partial charge in [0.05, 0.1) is 24.5 Å². The Balaban J connectivity index is 1.30. The molecule has 2 saturated carbocycles. The first kappa shape index (κ1) is 17.1. The second-order valence-corrected chi connectivity index (χ2v) is 7.77. The van der Waals surface area contributed by atoms with Gasteiger partial charge < -0.3 is 10.1 Å². The maximum atomic E-state index is 12.5. The predicted octanol–water partition coefficient (Wildman–Crippen LogP) is 4.16. The number of aromatic nitrogens is 1. The number of hydrogen-bond acceptors (Lipinski definition) is 3. The van der Waals surface area contributed by atoms with Gasteiger partial charge in [-0.2, -0.15) is 0 Å². The number of amides is 1. The number of benzene rings is 1. The highest BCUT2D eigenvalue weighted by molar-refractivity contribution is 5.83. The molecule has 2 unspecified atom stereocenters. The number of rotatable bonds is 7. The highest BCUT2D eigenvalue weighted by Crippen LogP contribution is 2.47. The van der Waals surface area contributed by atoms with Gasteiger partial charge >= 0.3 is 0 Å². The third kappa shape index (κ3) is 4.06. The van der Waals surface area contributed by atoms with Gasteiger partial charge in [0.15, 0.2) is 0 Å². The molecule has 0 saturated heterocycles. The summed E-state index contributed by atoms with van der Waals surface area (Å²) in [7, 11) is 0. The van der Waals surface area contributed by atoms with E-state index in [1.807, 2.05) is 19.1 Å². The minimum Gasteiger partial charge on any atom is -0.492 e. The molecule has 0 aliphatic heterocycles. The summed E-state index contributed by atoms with van der Waals surface area (Å²) in [6, 6.07) is 12.3. The lowest BCUT2D eigenvalue weighted by Crippen LogP contribution is -2.28. The first-order valence-corrected chi connectivity index (χ1v) is 9.56. The fourth-order valence-corrected chi connectivity index (χ4v) is 3.38. The zero-order valence-corrected chi connectivity index (χ0v) is 15.4. The molecule has 1 amide bonds. The van der Waals surface area contributed by atoms with Crippen LogP contribution in [0, 0.1) is 18.8 Å². The van der Waals surface area contributed by atoms with Crippen molar-refractivity contribution in [2.45, 2.75) is 45.1 Å². The van der Waals surface area contributed by atoms with E-state index < -0.39 is 0 Å². The molecule has 4 rings (SSSR count). The molecular formula is C22H26N2O2. The molecule has 4 heteroatoms. The van der Waals surface area contributed by atoms with Crippen LogP contribution in [0.15, 0.2) is 42.6 Å². The van der Waals surface area contributed by atoms with Crippen molar-refractivity contribution in [3.8, 4) is 5.75 Å². The Morgan fingerprint density at radius 3 is 2.85 bits per heavy atom. The van der Waals surface area contributed by atoms with Crippen molar-refractivity contribution < 1.29 is 9.53 Å². The Morgan fingerprint density at radius 2 is 2.15 bits per heavy atom. The van der Waals surface area contributed by atoms with E-state index in [1.165, 1.54) is 24.0 Å². The molecule has 2 fully saturated rings. The van der Waals surface area contributed by atoms with Gasteiger partial charge in [0.2, 0.25) is 5.91 Å². The van der Waals surface area contributed by atoms with E-state index in [0.717, 1.165) is 30.4 Å². The minimum absolute atomic E-state index is 0.0837. The summed E-state index contributed by atoms with van der Waals surface area (Å²) in [4.78, 5) is 17.0. The van der Waals surface area contributed by atoms with Crippen LogP contribution in [-0.4, -0.2) is 17.5 Å². The Labute approximate surface area is 155 Å². The van der Waals surface area contributed by atoms with Crippen LogP contribution < -0.4 is 10.1 Å². The van der Waals surface area contributed by atoms with Gasteiger partial charge in [-0.3, -0.25) is 9.78 Å². The number of ether oxygens (including phenoxy) is 1. The summed E-state index contributed by atoms with van der Waals surface area (Å²) in [5.41, 5.74) is 3.38. The van der Waals surface area contributed by atoms with Gasteiger partial charge in [-0.15, -0.1) is 0 Å². The normalized spacial score (nSPS) is 22.5. The molecule has 136 valence electrons. The first-order valence-electron chi connectivity index (χ1n) is 9.56. The standard InChI is InChI=1S/C22H26N2O2/c1-14-4-3-5-17(10-14)19-11-20(19)22(25)24-15(2)21-9-8-18(12-23-21)26-13-16-6-7-16/h3-5,8-10,12,15-16,19-20H,6-7,11,13H2,1-2H3,(H,24,25)/t15-,19?,20?/m1/s1. The molecule has 0 bridgehead atoms. The maximum absolute atomic E-state index is 12.5. The van der Waals surface area contributed by atoms with Gasteiger partial charge in [-0.05, 0) is 62.6 Å². The molecule has 2 aromatic rings. The van der Waals surface area contributed by atoms with E-state index in [0.29, 0.717) is 5.92 Å². The molecule has 26 heavy (non-hydrogen) atoms. The number of nitrogens with one attached hydrogen (secondary N) is 1. The summed E-state index contributed by atoms with van der Waals surface area (Å²) in [5, 5.41) is 3.11. The van der Waals surface area contributed by atoms with E-state index in [1.54, 1.807) is 6.20 Å². The van der Waals surface area contributed by atoms with Crippen molar-refractivity contribution in [3.63, 3.8) is 0 Å². The average molecular weight is 350 g/mol. The number of hydrogen-bond donors (Lipinski definition) is 1. The molecule has 0 spiro atoms. The molecule has 1 N–H and O–H groups in total. The smallest absolute Gasteiger partial charge is 0.224 e. The van der Waals surface area contributed by atoms with Gasteiger partial charge in [0, 0.05) is 5.92 Å². The molecule has 2 aliphatic rings. The summed E-state index contributed by atoms with van der Waals surface area (Å²) in [6.07, 6.45) is 5.25. The van der Waals surface area contributed by atoms with Gasteiger partial charge in [-0.25, -0.2) is 0 Å². The number of pyridine rings is 1. The van der Waals surface area contributed by atoms with Crippen molar-refractivity contribution >= 4 is 5.91 Å². The van der Waals surface area contributed by atoms with Gasteiger partial charge in [0.25, 0.3) is 0 Å². The van der Waals surface area contributed by atoms with Crippen molar-refractivity contribution in [1.82, 2.24) is 10.3 Å². The van der Waals surface area contributed by atoms with Crippen molar-refractivity contribution in [1.29, 1.82) is 0 Å². The monoisotopic (exact) mass is 350 g/mol. The molecule has 4 nitrogen and oxygen atoms in total. The third-order valence-electron chi connectivity index (χ3n) is 5.34. The van der Waals surface area contributed by atoms with Crippen molar-refractivity contribution in [2.75, 3.05) is 6.61 Å². The van der Waals surface area contributed by atoms with Gasteiger partial charge in [0.1, 0.15) is 5.75 Å². The molecule has 0 radical (unpaired) electrons. The van der Waals surface area contributed by atoms with Crippen LogP contribution in [0.3, 0.4) is 0 Å². The Kier molecular flexibility index (Phi) is 4.66. The average Bonchev–Trinajstić information content (AvgIpc) is 3.54. The van der Waals surface area contributed by atoms with Crippen LogP contribution in [0.5, 0.6) is 5.75 Å². The fourth-order valence-electron chi connectivity index (χ4n) is 3.38. The lowest BCUT2D eigenvalue weighted by Gasteiger charge is -2.14. The van der Waals surface area contributed by atoms with Crippen LogP contribution in [0.2, 0.25) is 0 Å². The summed E-state index contributed by atoms with van der Waals surface area (Å²) in [6.45, 7) is 4.86. The van der Waals surface area contributed by atoms with E-state index in [2.05, 4.69) is 41.5 Å². The van der Waals surface area contributed by atoms with E-state index in [4.69, 9.17) is 4.74 Å². The molecule has 1 aromatic heterocycles. The van der Waals surface area contributed by atoms with Crippen LogP contribution >= 0.6 is 0 Å². The second-order valence-electron chi connectivity index (χ2n) is 7.77. The Hall–Kier alpha value is -2.36. The number of carbonyl (C=O) groups excluding carboxylic acids is 1. The zero-order chi connectivity index (χ0) is 18.1. The predicted molar refractivity (Wildman–Crippen MR) is 101 cm³/mol. The molecule has 1 heterocycles. The largest absolute Gasteiger partial charge is 0.492 e. The molecule has 1 aromatic carbocycles. The van der Waals surface area contributed by atoms with E-state index >= 15 is 0 Å². The Morgan fingerprint density at radius 1 is 1.31 bits per heavy atom. The number of aryl methyl sites for hydroxylation is 1. The second kappa shape index (κ2) is 7.10. The summed E-state index contributed by atoms with van der Waals surface area (Å²) >= 11 is 0. The topological polar surface area (TPSA) is 51.2 Å². The number of nitrogens with zero attached hydrogens (tertiary/aromatic N) is 1. The molecular weight excluding hydrogens is 324 g/mol. The first-order chi connectivity index (χ1) is 12.6. The fraction of sp³-hybridized carbons (Fsp3) is 0.455. The van der Waals surface area contributed by atoms with Crippen LogP contribution in [0.25, 0.3) is 0 Å². The summed E-state index contributed by atoms with van der Waals surface area (Å²) < 4.78 is 5.72. The zero-order valence-electron chi connectivity index (χ0n) is 15.4. The molecule has 2 aliphatic carbocycles. The summed E-state index contributed by atoms with van der Waals surface area (Å²) in [5.74, 6) is 2.10. The highest BCUT2D eigenvalue weighted by atomic mass is 16.5. The van der Waals surface area contributed by atoms with Crippen molar-refractivity contribution in [3.05, 3.63) is 59.4 Å². The van der Waals surface area contributed by atoms with Crippen molar-refractivity contribution in [2.24, 2.45) is 11.8 Å². The lowest BCUT2D eigenvalue weighted by molar-refractivity contribution is -0.123. The van der Waals surface area contributed by atoms with Crippen LogP contribution in [-0.2, 0) is 4.79 Å².